The number of benzene rings is 1. The second kappa shape index (κ2) is 7.07. The zero-order valence-corrected chi connectivity index (χ0v) is 13.4. The lowest BCUT2D eigenvalue weighted by atomic mass is 9.93. The van der Waals surface area contributed by atoms with E-state index in [9.17, 15) is 14.0 Å². The van der Waals surface area contributed by atoms with Gasteiger partial charge in [-0.3, -0.25) is 4.79 Å². The number of hydrogen-bond donors (Lipinski definition) is 2. The van der Waals surface area contributed by atoms with E-state index in [0.717, 1.165) is 0 Å². The molecule has 0 saturated carbocycles. The summed E-state index contributed by atoms with van der Waals surface area (Å²) >= 11 is 5.70. The van der Waals surface area contributed by atoms with Crippen LogP contribution in [0.4, 0.5) is 4.39 Å². The fourth-order valence-corrected chi connectivity index (χ4v) is 2.20. The number of aromatic carboxylic acids is 1. The third kappa shape index (κ3) is 4.42. The van der Waals surface area contributed by atoms with E-state index in [1.165, 1.54) is 12.1 Å². The van der Waals surface area contributed by atoms with E-state index >= 15 is 0 Å². The Labute approximate surface area is 133 Å². The van der Waals surface area contributed by atoms with Crippen LogP contribution < -0.4 is 5.73 Å². The molecule has 3 N–H and O–H groups in total. The number of ether oxygens (including phenoxy) is 1. The van der Waals surface area contributed by atoms with Crippen LogP contribution >= 0.6 is 11.6 Å². The van der Waals surface area contributed by atoms with Crippen LogP contribution in [0.25, 0.3) is 0 Å². The topological polar surface area (TPSA) is 89.6 Å². The molecule has 0 unspecified atom stereocenters. The molecular formula is C15H19ClFNO4. The summed E-state index contributed by atoms with van der Waals surface area (Å²) in [5.74, 6) is -4.18. The van der Waals surface area contributed by atoms with Gasteiger partial charge in [0.2, 0.25) is 0 Å². The fraction of sp³-hybridized carbons (Fsp3) is 0.467. The van der Waals surface area contributed by atoms with Gasteiger partial charge >= 0.3 is 11.9 Å². The summed E-state index contributed by atoms with van der Waals surface area (Å²) < 4.78 is 19.7. The Hall–Kier alpha value is -1.66. The van der Waals surface area contributed by atoms with Crippen molar-refractivity contribution in [3.05, 3.63) is 34.1 Å². The average molecular weight is 332 g/mol. The molecule has 0 aromatic heterocycles. The molecule has 122 valence electrons. The van der Waals surface area contributed by atoms with Gasteiger partial charge in [-0.05, 0) is 39.8 Å². The number of carboxylic acids is 1. The van der Waals surface area contributed by atoms with Crippen LogP contribution in [0.3, 0.4) is 0 Å². The second-order valence-electron chi connectivity index (χ2n) is 5.79. The molecule has 5 nitrogen and oxygen atoms in total. The zero-order chi connectivity index (χ0) is 17.1. The average Bonchev–Trinajstić information content (AvgIpc) is 2.34. The van der Waals surface area contributed by atoms with Gasteiger partial charge in [-0.1, -0.05) is 17.7 Å². The first kappa shape index (κ1) is 18.4. The number of esters is 1. The predicted octanol–water partition coefficient (Wildman–Crippen LogP) is 2.95. The van der Waals surface area contributed by atoms with Gasteiger partial charge in [0.15, 0.2) is 0 Å². The van der Waals surface area contributed by atoms with Crippen LogP contribution in [0.1, 0.15) is 49.0 Å². The Morgan fingerprint density at radius 3 is 2.45 bits per heavy atom. The SMILES string of the molecule is CC(C)(C)OC(=O)[C@H](CCN)c1ccc(Cl)c(C(=O)O)c1F. The van der Waals surface area contributed by atoms with E-state index in [4.69, 9.17) is 27.2 Å². The van der Waals surface area contributed by atoms with E-state index in [-0.39, 0.29) is 23.6 Å². The van der Waals surface area contributed by atoms with Gasteiger partial charge in [0, 0.05) is 5.56 Å². The van der Waals surface area contributed by atoms with Crippen molar-refractivity contribution in [3.63, 3.8) is 0 Å². The molecule has 0 aliphatic rings. The van der Waals surface area contributed by atoms with Crippen LogP contribution in [0.2, 0.25) is 5.02 Å². The molecule has 1 aromatic carbocycles. The molecule has 0 spiro atoms. The molecule has 1 aromatic rings. The van der Waals surface area contributed by atoms with Crippen LogP contribution in [-0.4, -0.2) is 29.2 Å². The van der Waals surface area contributed by atoms with E-state index in [2.05, 4.69) is 0 Å². The maximum Gasteiger partial charge on any atom is 0.340 e. The molecular weight excluding hydrogens is 313 g/mol. The van der Waals surface area contributed by atoms with Crippen molar-refractivity contribution in [2.45, 2.75) is 38.7 Å². The summed E-state index contributed by atoms with van der Waals surface area (Å²) in [6.45, 7) is 5.18. The Morgan fingerprint density at radius 2 is 2.00 bits per heavy atom. The summed E-state index contributed by atoms with van der Waals surface area (Å²) in [6.07, 6.45) is 0.131. The summed E-state index contributed by atoms with van der Waals surface area (Å²) in [6, 6.07) is 2.53. The van der Waals surface area contributed by atoms with Gasteiger partial charge in [0.1, 0.15) is 17.0 Å². The van der Waals surface area contributed by atoms with Gasteiger partial charge in [-0.25, -0.2) is 9.18 Å². The highest BCUT2D eigenvalue weighted by Gasteiger charge is 2.30. The summed E-state index contributed by atoms with van der Waals surface area (Å²) in [4.78, 5) is 23.4. The van der Waals surface area contributed by atoms with Crippen LogP contribution in [0.15, 0.2) is 12.1 Å². The lowest BCUT2D eigenvalue weighted by molar-refractivity contribution is -0.157. The monoisotopic (exact) mass is 331 g/mol. The highest BCUT2D eigenvalue weighted by Crippen LogP contribution is 2.30. The lowest BCUT2D eigenvalue weighted by Gasteiger charge is -2.24. The second-order valence-corrected chi connectivity index (χ2v) is 6.20. The molecule has 1 atom stereocenters. The minimum atomic E-state index is -1.50. The van der Waals surface area contributed by atoms with Crippen molar-refractivity contribution >= 4 is 23.5 Å². The maximum absolute atomic E-state index is 14.4. The molecule has 0 saturated heterocycles. The number of carboxylic acid groups (broad SMARTS) is 1. The minimum Gasteiger partial charge on any atom is -0.478 e. The zero-order valence-electron chi connectivity index (χ0n) is 12.7. The number of hydrogen-bond acceptors (Lipinski definition) is 4. The molecule has 1 rings (SSSR count). The van der Waals surface area contributed by atoms with Crippen molar-refractivity contribution < 1.29 is 23.8 Å². The first-order valence-electron chi connectivity index (χ1n) is 6.72. The number of halogens is 2. The Morgan fingerprint density at radius 1 is 1.41 bits per heavy atom. The van der Waals surface area contributed by atoms with E-state index < -0.39 is 34.8 Å². The smallest absolute Gasteiger partial charge is 0.340 e. The largest absolute Gasteiger partial charge is 0.478 e. The van der Waals surface area contributed by atoms with Crippen LogP contribution in [-0.2, 0) is 9.53 Å². The number of rotatable bonds is 5. The van der Waals surface area contributed by atoms with Crippen molar-refractivity contribution in [1.82, 2.24) is 0 Å². The highest BCUT2D eigenvalue weighted by molar-refractivity contribution is 6.33. The third-order valence-electron chi connectivity index (χ3n) is 2.86. The van der Waals surface area contributed by atoms with Crippen molar-refractivity contribution in [1.29, 1.82) is 0 Å². The number of carbonyl (C=O) groups excluding carboxylic acids is 1. The van der Waals surface area contributed by atoms with Crippen LogP contribution in [0, 0.1) is 5.82 Å². The number of nitrogens with two attached hydrogens (primary N) is 1. The predicted molar refractivity (Wildman–Crippen MR) is 80.6 cm³/mol. The molecule has 0 aliphatic heterocycles. The van der Waals surface area contributed by atoms with E-state index in [1.807, 2.05) is 0 Å². The molecule has 0 fully saturated rings. The number of carbonyl (C=O) groups is 2. The van der Waals surface area contributed by atoms with E-state index in [0.29, 0.717) is 0 Å². The molecule has 0 bridgehead atoms. The van der Waals surface area contributed by atoms with Crippen molar-refractivity contribution in [3.8, 4) is 0 Å². The molecule has 0 aliphatic carbocycles. The van der Waals surface area contributed by atoms with Gasteiger partial charge < -0.3 is 15.6 Å². The molecule has 0 amide bonds. The summed E-state index contributed by atoms with van der Waals surface area (Å²) in [7, 11) is 0. The van der Waals surface area contributed by atoms with E-state index in [1.54, 1.807) is 20.8 Å². The highest BCUT2D eigenvalue weighted by atomic mass is 35.5. The fourth-order valence-electron chi connectivity index (χ4n) is 1.97. The molecule has 0 heterocycles. The molecule has 7 heteroatoms. The van der Waals surface area contributed by atoms with Crippen molar-refractivity contribution in [2.24, 2.45) is 5.73 Å². The first-order valence-corrected chi connectivity index (χ1v) is 7.10. The van der Waals surface area contributed by atoms with Crippen molar-refractivity contribution in [2.75, 3.05) is 6.54 Å². The molecule has 22 heavy (non-hydrogen) atoms. The normalized spacial score (nSPS) is 12.8. The Kier molecular flexibility index (Phi) is 5.91. The third-order valence-corrected chi connectivity index (χ3v) is 3.17. The van der Waals surface area contributed by atoms with Gasteiger partial charge in [0.25, 0.3) is 0 Å². The molecule has 0 radical (unpaired) electrons. The lowest BCUT2D eigenvalue weighted by Crippen LogP contribution is -2.29. The first-order chi connectivity index (χ1) is 10.1. The Bertz CT molecular complexity index is 584. The van der Waals surface area contributed by atoms with Crippen LogP contribution in [0.5, 0.6) is 0 Å². The Balaban J connectivity index is 3.31. The summed E-state index contributed by atoms with van der Waals surface area (Å²) in [5.41, 5.74) is 3.98. The standard InChI is InChI=1S/C15H19ClFNO4/c1-15(2,3)22-14(21)9(6-7-18)8-4-5-10(16)11(12(8)17)13(19)20/h4-5,9H,6-7,18H2,1-3H3,(H,19,20)/t9-/m1/s1. The summed E-state index contributed by atoms with van der Waals surface area (Å²) in [5, 5.41) is 8.81. The quantitative estimate of drug-likeness (QED) is 0.810. The minimum absolute atomic E-state index is 0.0819. The van der Waals surface area contributed by atoms with Gasteiger partial charge in [-0.15, -0.1) is 0 Å². The maximum atomic E-state index is 14.4. The van der Waals surface area contributed by atoms with Gasteiger partial charge in [-0.2, -0.15) is 0 Å². The van der Waals surface area contributed by atoms with Gasteiger partial charge in [0.05, 0.1) is 10.9 Å².